The molecule has 0 amide bonds. The second-order valence-electron chi connectivity index (χ2n) is 7.63. The fraction of sp³-hybridized carbons (Fsp3) is 0.154. The van der Waals surface area contributed by atoms with Crippen LogP contribution in [-0.2, 0) is 19.2 Å². The molecule has 2 aromatic heterocycles. The summed E-state index contributed by atoms with van der Waals surface area (Å²) >= 11 is 0. The van der Waals surface area contributed by atoms with Crippen molar-refractivity contribution in [2.45, 2.75) is 26.1 Å². The number of aromatic carboxylic acids is 1. The molecule has 174 valence electrons. The van der Waals surface area contributed by atoms with Crippen LogP contribution in [0.2, 0.25) is 0 Å². The number of halogens is 3. The van der Waals surface area contributed by atoms with Crippen LogP contribution < -0.4 is 4.74 Å². The van der Waals surface area contributed by atoms with Gasteiger partial charge in [-0.15, -0.1) is 0 Å². The van der Waals surface area contributed by atoms with E-state index in [4.69, 9.17) is 4.74 Å². The number of rotatable bonds is 7. The molecule has 1 N–H and O–H groups in total. The first-order chi connectivity index (χ1) is 16.2. The number of alkyl halides is 3. The van der Waals surface area contributed by atoms with Crippen LogP contribution in [0.1, 0.15) is 50.0 Å². The number of nitrogens with zero attached hydrogens (tertiary/aromatic N) is 1. The van der Waals surface area contributed by atoms with Crippen molar-refractivity contribution >= 4 is 17.3 Å². The molecule has 0 aliphatic carbocycles. The highest BCUT2D eigenvalue weighted by atomic mass is 19.4. The third-order valence-corrected chi connectivity index (χ3v) is 5.49. The highest BCUT2D eigenvalue weighted by molar-refractivity contribution is 6.13. The molecule has 0 saturated carbocycles. The summed E-state index contributed by atoms with van der Waals surface area (Å²) in [4.78, 5) is 25.7. The van der Waals surface area contributed by atoms with Gasteiger partial charge in [-0.05, 0) is 41.8 Å². The lowest BCUT2D eigenvalue weighted by atomic mass is 9.99. The molecule has 0 saturated heterocycles. The number of carboxylic acid groups (broad SMARTS) is 1. The summed E-state index contributed by atoms with van der Waals surface area (Å²) in [5.74, 6) is -1.71. The minimum absolute atomic E-state index is 0.000569. The number of aromatic nitrogens is 1. The Labute approximate surface area is 193 Å². The van der Waals surface area contributed by atoms with Gasteiger partial charge in [0.15, 0.2) is 0 Å². The Morgan fingerprint density at radius 1 is 1.00 bits per heavy atom. The van der Waals surface area contributed by atoms with Gasteiger partial charge in [-0.1, -0.05) is 49.4 Å². The lowest BCUT2D eigenvalue weighted by Gasteiger charge is -2.11. The van der Waals surface area contributed by atoms with Gasteiger partial charge in [0.2, 0.25) is 5.78 Å². The Balaban J connectivity index is 1.88. The molecule has 5 nitrogen and oxygen atoms in total. The van der Waals surface area contributed by atoms with Crippen molar-refractivity contribution in [1.82, 2.24) is 4.40 Å². The van der Waals surface area contributed by atoms with E-state index in [1.165, 1.54) is 16.7 Å². The summed E-state index contributed by atoms with van der Waals surface area (Å²) in [7, 11) is 0. The third-order valence-electron chi connectivity index (χ3n) is 5.49. The SMILES string of the molecule is CCc1c(C(=O)O)c2c(OCc3ccccc3)cccn2c1C(=O)c1cccc(C(F)(F)F)c1. The van der Waals surface area contributed by atoms with Crippen LogP contribution in [-0.4, -0.2) is 21.3 Å². The van der Waals surface area contributed by atoms with Crippen molar-refractivity contribution in [3.63, 3.8) is 0 Å². The van der Waals surface area contributed by atoms with Crippen LogP contribution in [0.5, 0.6) is 5.75 Å². The van der Waals surface area contributed by atoms with Gasteiger partial charge in [-0.25, -0.2) is 4.79 Å². The third kappa shape index (κ3) is 4.26. The lowest BCUT2D eigenvalue weighted by molar-refractivity contribution is -0.137. The van der Waals surface area contributed by atoms with Crippen LogP contribution in [0.4, 0.5) is 13.2 Å². The van der Waals surface area contributed by atoms with Crippen molar-refractivity contribution < 1.29 is 32.6 Å². The predicted octanol–water partition coefficient (Wildman–Crippen LogP) is 6.03. The number of benzene rings is 2. The molecule has 34 heavy (non-hydrogen) atoms. The molecule has 0 aliphatic heterocycles. The standard InChI is InChI=1S/C26H20F3NO4/c1-2-19-21(25(32)33)23-20(34-15-16-8-4-3-5-9-16)12-7-13-30(23)22(19)24(31)17-10-6-11-18(14-17)26(27,28)29/h3-14H,2,15H2,1H3,(H,32,33). The highest BCUT2D eigenvalue weighted by Crippen LogP contribution is 2.34. The molecule has 2 aromatic carbocycles. The van der Waals surface area contributed by atoms with Crippen LogP contribution in [0.15, 0.2) is 72.9 Å². The van der Waals surface area contributed by atoms with Gasteiger partial charge in [-0.3, -0.25) is 4.79 Å². The first kappa shape index (κ1) is 23.1. The molecule has 2 heterocycles. The van der Waals surface area contributed by atoms with E-state index >= 15 is 0 Å². The van der Waals surface area contributed by atoms with Crippen LogP contribution >= 0.6 is 0 Å². The number of carbonyl (C=O) groups is 2. The minimum Gasteiger partial charge on any atom is -0.487 e. The number of hydrogen-bond acceptors (Lipinski definition) is 3. The first-order valence-electron chi connectivity index (χ1n) is 10.5. The van der Waals surface area contributed by atoms with Gasteiger partial charge in [0, 0.05) is 11.8 Å². The predicted molar refractivity (Wildman–Crippen MR) is 119 cm³/mol. The zero-order chi connectivity index (χ0) is 24.5. The summed E-state index contributed by atoms with van der Waals surface area (Å²) < 4.78 is 46.9. The van der Waals surface area contributed by atoms with Crippen LogP contribution in [0.25, 0.3) is 5.52 Å². The Kier molecular flexibility index (Phi) is 6.15. The van der Waals surface area contributed by atoms with Gasteiger partial charge in [-0.2, -0.15) is 13.2 Å². The summed E-state index contributed by atoms with van der Waals surface area (Å²) in [5.41, 5.74) is 0.0210. The van der Waals surface area contributed by atoms with Gasteiger partial charge in [0.05, 0.1) is 16.8 Å². The van der Waals surface area contributed by atoms with Gasteiger partial charge >= 0.3 is 12.1 Å². The molecule has 0 spiro atoms. The molecule has 4 rings (SSSR count). The van der Waals surface area contributed by atoms with E-state index in [0.717, 1.165) is 23.8 Å². The molecule has 8 heteroatoms. The zero-order valence-corrected chi connectivity index (χ0v) is 18.1. The maximum Gasteiger partial charge on any atom is 0.416 e. The van der Waals surface area contributed by atoms with E-state index in [2.05, 4.69) is 0 Å². The number of hydrogen-bond donors (Lipinski definition) is 1. The van der Waals surface area contributed by atoms with Crippen molar-refractivity contribution in [1.29, 1.82) is 0 Å². The Bertz CT molecular complexity index is 1370. The fourth-order valence-corrected chi connectivity index (χ4v) is 3.97. The molecule has 0 unspecified atom stereocenters. The van der Waals surface area contributed by atoms with E-state index in [0.29, 0.717) is 0 Å². The number of pyridine rings is 1. The summed E-state index contributed by atoms with van der Waals surface area (Å²) in [6.45, 7) is 1.86. The van der Waals surface area contributed by atoms with E-state index in [1.54, 1.807) is 19.1 Å². The summed E-state index contributed by atoms with van der Waals surface area (Å²) in [5, 5.41) is 9.99. The highest BCUT2D eigenvalue weighted by Gasteiger charge is 2.33. The Morgan fingerprint density at radius 3 is 2.38 bits per heavy atom. The molecule has 0 radical (unpaired) electrons. The molecule has 0 aliphatic rings. The number of fused-ring (bicyclic) bond motifs is 1. The lowest BCUT2D eigenvalue weighted by Crippen LogP contribution is -2.11. The second kappa shape index (κ2) is 9.05. The largest absolute Gasteiger partial charge is 0.487 e. The number of ether oxygens (including phenoxy) is 1. The van der Waals surface area contributed by atoms with Gasteiger partial charge < -0.3 is 14.2 Å². The zero-order valence-electron chi connectivity index (χ0n) is 18.1. The average Bonchev–Trinajstić information content (AvgIpc) is 3.17. The number of carboxylic acids is 1. The summed E-state index contributed by atoms with van der Waals surface area (Å²) in [6.07, 6.45) is -2.92. The van der Waals surface area contributed by atoms with E-state index in [-0.39, 0.29) is 46.7 Å². The van der Waals surface area contributed by atoms with Crippen LogP contribution in [0, 0.1) is 0 Å². The first-order valence-corrected chi connectivity index (χ1v) is 10.5. The maximum atomic E-state index is 13.4. The topological polar surface area (TPSA) is 68.0 Å². The summed E-state index contributed by atoms with van der Waals surface area (Å²) in [6, 6.07) is 16.6. The molecular formula is C26H20F3NO4. The van der Waals surface area contributed by atoms with E-state index in [9.17, 15) is 27.9 Å². The average molecular weight is 467 g/mol. The second-order valence-corrected chi connectivity index (χ2v) is 7.63. The van der Waals surface area contributed by atoms with Crippen molar-refractivity contribution in [2.24, 2.45) is 0 Å². The number of carbonyl (C=O) groups excluding carboxylic acids is 1. The van der Waals surface area contributed by atoms with E-state index < -0.39 is 23.5 Å². The molecular weight excluding hydrogens is 447 g/mol. The molecule has 4 aromatic rings. The fourth-order valence-electron chi connectivity index (χ4n) is 3.97. The van der Waals surface area contributed by atoms with Gasteiger partial charge in [0.25, 0.3) is 0 Å². The minimum atomic E-state index is -4.62. The normalized spacial score (nSPS) is 11.5. The number of ketones is 1. The van der Waals surface area contributed by atoms with Crippen molar-refractivity contribution in [3.05, 3.63) is 106 Å². The molecule has 0 fully saturated rings. The Hall–Kier alpha value is -4.07. The smallest absolute Gasteiger partial charge is 0.416 e. The van der Waals surface area contributed by atoms with Crippen molar-refractivity contribution in [2.75, 3.05) is 0 Å². The monoisotopic (exact) mass is 467 g/mol. The quantitative estimate of drug-likeness (QED) is 0.337. The Morgan fingerprint density at radius 2 is 1.74 bits per heavy atom. The maximum absolute atomic E-state index is 13.4. The van der Waals surface area contributed by atoms with Crippen molar-refractivity contribution in [3.8, 4) is 5.75 Å². The molecule has 0 atom stereocenters. The van der Waals surface area contributed by atoms with Gasteiger partial charge in [0.1, 0.15) is 17.9 Å². The van der Waals surface area contributed by atoms with E-state index in [1.807, 2.05) is 30.3 Å². The molecule has 0 bridgehead atoms. The van der Waals surface area contributed by atoms with Crippen LogP contribution in [0.3, 0.4) is 0 Å².